The molecule has 0 aliphatic heterocycles. The van der Waals surface area contributed by atoms with Crippen LogP contribution in [0.4, 0.5) is 17.1 Å². The summed E-state index contributed by atoms with van der Waals surface area (Å²) in [5.74, 6) is 1.27. The van der Waals surface area contributed by atoms with Gasteiger partial charge >= 0.3 is 0 Å². The Bertz CT molecular complexity index is 2230. The van der Waals surface area contributed by atoms with Crippen LogP contribution in [0.2, 0.25) is 0 Å². The number of carbonyl (C=O) groups excluding carboxylic acids is 1. The van der Waals surface area contributed by atoms with E-state index in [1.165, 1.54) is 182 Å². The smallest absolute Gasteiger partial charge is 0.205 e. The van der Waals surface area contributed by atoms with Gasteiger partial charge in [0, 0.05) is 48.1 Å². The quantitative estimate of drug-likeness (QED) is 0.0368. The van der Waals surface area contributed by atoms with Crippen LogP contribution in [-0.2, 0) is 17.6 Å². The number of rotatable bonds is 34. The highest BCUT2D eigenvalue weighted by Crippen LogP contribution is 2.44. The maximum atomic E-state index is 14.5. The molecule has 2 aliphatic carbocycles. The normalized spacial score (nSPS) is 16.4. The third kappa shape index (κ3) is 17.1. The second-order valence-corrected chi connectivity index (χ2v) is 21.7. The van der Waals surface area contributed by atoms with Crippen molar-refractivity contribution >= 4 is 34.1 Å². The highest BCUT2D eigenvalue weighted by Gasteiger charge is 2.39. The topological polar surface area (TPSA) is 43.5 Å². The highest BCUT2D eigenvalue weighted by molar-refractivity contribution is 6.40. The van der Waals surface area contributed by atoms with Crippen molar-refractivity contribution in [2.45, 2.75) is 229 Å². The molecule has 4 nitrogen and oxygen atoms in total. The summed E-state index contributed by atoms with van der Waals surface area (Å²) in [5, 5.41) is 12.0. The lowest BCUT2D eigenvalue weighted by molar-refractivity contribution is -0.448. The first-order chi connectivity index (χ1) is 34.6. The molecule has 5 rings (SSSR count). The number of aliphatic hydroxyl groups is 1. The van der Waals surface area contributed by atoms with Gasteiger partial charge in [0.25, 0.3) is 0 Å². The number of ketones is 1. The molecule has 0 aromatic heterocycles. The fourth-order valence-electron chi connectivity index (χ4n) is 11.3. The van der Waals surface area contributed by atoms with E-state index in [1.807, 2.05) is 0 Å². The number of aryl methyl sites for hydroxylation is 4. The minimum absolute atomic E-state index is 0.0616. The molecule has 0 saturated heterocycles. The number of Topliss-reactive ketones (excluding diaryl/α,β-unsaturated/α-hetero) is 1. The van der Waals surface area contributed by atoms with E-state index < -0.39 is 0 Å². The van der Waals surface area contributed by atoms with Crippen LogP contribution in [-0.4, -0.2) is 34.3 Å². The van der Waals surface area contributed by atoms with Crippen molar-refractivity contribution in [1.29, 1.82) is 0 Å². The number of unbranched alkanes of at least 4 members (excludes halogenated alkanes) is 16. The first-order valence-corrected chi connectivity index (χ1v) is 29.4. The first kappa shape index (κ1) is 57.5. The maximum absolute atomic E-state index is 14.5. The molecule has 0 radical (unpaired) electrons. The summed E-state index contributed by atoms with van der Waals surface area (Å²) < 4.78 is 2.53. The summed E-state index contributed by atoms with van der Waals surface area (Å²) in [6.45, 7) is 22.0. The second-order valence-electron chi connectivity index (χ2n) is 21.7. The fraction of sp³-hybridized carbons (Fsp3) is 0.582. The Kier molecular flexibility index (Phi) is 25.3. The standard InChI is InChI=1S/C67H98N2O2/c1-10-16-20-24-26-30-34-56(32-28-22-18-12-3)49-68(58-40-36-54(14-5)37-41-58)60-44-45-62(51(7)46-60)64-66(70)65(67(64)71)63-52(8)47-61(48-53(63)9)69(59-42-38-55(15-6)39-43-59)50-57(33-29-23-19-13-4)35-31-27-25-21-17-11-2/h36-48,56-57H,10-35,49-50H2,1-9H3/p+1. The number of carbonyl (C=O) groups is 1. The summed E-state index contributed by atoms with van der Waals surface area (Å²) in [5.41, 5.74) is 13.1. The van der Waals surface area contributed by atoms with Crippen LogP contribution in [0.3, 0.4) is 0 Å². The molecule has 2 unspecified atom stereocenters. The molecule has 0 saturated carbocycles. The van der Waals surface area contributed by atoms with Gasteiger partial charge in [0.05, 0.1) is 11.1 Å². The van der Waals surface area contributed by atoms with Gasteiger partial charge in [0.15, 0.2) is 6.54 Å². The summed E-state index contributed by atoms with van der Waals surface area (Å²) in [6.07, 6.45) is 39.8. The van der Waals surface area contributed by atoms with Gasteiger partial charge in [-0.15, -0.1) is 0 Å². The Balaban J connectivity index is 1.46. The van der Waals surface area contributed by atoms with Crippen molar-refractivity contribution in [3.05, 3.63) is 129 Å². The SMILES string of the molecule is CCCCCCCCC(CCCCCC)CN(c1ccc(CC)cc1)c1cc(C)c(C2=C(O)/C(=C3\C=CC(=[N+](CC(CCCCCC)CCCCCCCC)c4ccc(CC)cc4)C=C3C)C2=O)c(C)c1. The zero-order valence-electron chi connectivity index (χ0n) is 46.7. The Morgan fingerprint density at radius 1 is 0.521 bits per heavy atom. The van der Waals surface area contributed by atoms with Crippen LogP contribution < -0.4 is 4.90 Å². The van der Waals surface area contributed by atoms with Gasteiger partial charge in [-0.25, -0.2) is 0 Å². The van der Waals surface area contributed by atoms with E-state index in [4.69, 9.17) is 0 Å². The molecule has 0 amide bonds. The summed E-state index contributed by atoms with van der Waals surface area (Å²) in [7, 11) is 0. The number of allylic oxidation sites excluding steroid dienone is 7. The number of hydrogen-bond acceptors (Lipinski definition) is 3. The van der Waals surface area contributed by atoms with Gasteiger partial charge in [-0.3, -0.25) is 4.79 Å². The molecule has 3 aromatic rings. The number of benzene rings is 3. The molecule has 2 atom stereocenters. The van der Waals surface area contributed by atoms with E-state index in [1.54, 1.807) is 0 Å². The number of aliphatic hydroxyl groups excluding tert-OH is 1. The maximum Gasteiger partial charge on any atom is 0.205 e. The van der Waals surface area contributed by atoms with Crippen LogP contribution in [0, 0.1) is 25.7 Å². The minimum Gasteiger partial charge on any atom is -0.506 e. The van der Waals surface area contributed by atoms with E-state index in [9.17, 15) is 9.90 Å². The lowest BCUT2D eigenvalue weighted by Crippen LogP contribution is -2.27. The Labute approximate surface area is 434 Å². The van der Waals surface area contributed by atoms with Crippen LogP contribution >= 0.6 is 0 Å². The van der Waals surface area contributed by atoms with Gasteiger partial charge in [-0.1, -0.05) is 194 Å². The van der Waals surface area contributed by atoms with E-state index in [0.717, 1.165) is 59.5 Å². The molecule has 71 heavy (non-hydrogen) atoms. The predicted octanol–water partition coefficient (Wildman–Crippen LogP) is 19.7. The average Bonchev–Trinajstić information content (AvgIpc) is 3.38. The summed E-state index contributed by atoms with van der Waals surface area (Å²) in [6, 6.07) is 22.9. The van der Waals surface area contributed by atoms with Gasteiger partial charge in [-0.05, 0) is 135 Å². The van der Waals surface area contributed by atoms with E-state index in [-0.39, 0.29) is 11.5 Å². The van der Waals surface area contributed by atoms with E-state index in [0.29, 0.717) is 23.0 Å². The van der Waals surface area contributed by atoms with Gasteiger partial charge < -0.3 is 10.0 Å². The molecule has 1 N–H and O–H groups in total. The predicted molar refractivity (Wildman–Crippen MR) is 309 cm³/mol. The number of nitrogens with zero attached hydrogens (tertiary/aromatic N) is 2. The molecule has 3 aromatic carbocycles. The lowest BCUT2D eigenvalue weighted by atomic mass is 9.76. The van der Waals surface area contributed by atoms with Gasteiger partial charge in [0.2, 0.25) is 17.2 Å². The molecule has 0 bridgehead atoms. The number of hydrogen-bond donors (Lipinski definition) is 1. The summed E-state index contributed by atoms with van der Waals surface area (Å²) in [4.78, 5) is 17.1. The first-order valence-electron chi connectivity index (χ1n) is 29.4. The monoisotopic (exact) mass is 964 g/mol. The van der Waals surface area contributed by atoms with Crippen LogP contribution in [0.15, 0.2) is 101 Å². The highest BCUT2D eigenvalue weighted by atomic mass is 16.3. The van der Waals surface area contributed by atoms with Crippen molar-refractivity contribution in [1.82, 2.24) is 0 Å². The molecule has 0 fully saturated rings. The zero-order valence-corrected chi connectivity index (χ0v) is 46.7. The molecule has 0 heterocycles. The zero-order chi connectivity index (χ0) is 51.0. The fourth-order valence-corrected chi connectivity index (χ4v) is 11.3. The third-order valence-electron chi connectivity index (χ3n) is 15.9. The van der Waals surface area contributed by atoms with Gasteiger partial charge in [0.1, 0.15) is 5.76 Å². The lowest BCUT2D eigenvalue weighted by Gasteiger charge is -2.32. The molecule has 0 spiro atoms. The summed E-state index contributed by atoms with van der Waals surface area (Å²) >= 11 is 0. The largest absolute Gasteiger partial charge is 0.506 e. The van der Waals surface area contributed by atoms with Crippen molar-refractivity contribution < 1.29 is 14.5 Å². The van der Waals surface area contributed by atoms with Crippen LogP contribution in [0.25, 0.3) is 5.57 Å². The van der Waals surface area contributed by atoms with Gasteiger partial charge in [-0.2, -0.15) is 4.58 Å². The van der Waals surface area contributed by atoms with Crippen molar-refractivity contribution in [3.63, 3.8) is 0 Å². The Hall–Kier alpha value is -4.44. The van der Waals surface area contributed by atoms with E-state index >= 15 is 0 Å². The van der Waals surface area contributed by atoms with Crippen molar-refractivity contribution in [2.24, 2.45) is 11.8 Å². The van der Waals surface area contributed by atoms with E-state index in [2.05, 4.69) is 151 Å². The Morgan fingerprint density at radius 3 is 1.44 bits per heavy atom. The van der Waals surface area contributed by atoms with Crippen LogP contribution in [0.1, 0.15) is 230 Å². The number of anilines is 2. The third-order valence-corrected chi connectivity index (χ3v) is 15.9. The minimum atomic E-state index is -0.0616. The average molecular weight is 965 g/mol. The van der Waals surface area contributed by atoms with Crippen molar-refractivity contribution in [3.8, 4) is 0 Å². The van der Waals surface area contributed by atoms with Crippen molar-refractivity contribution in [2.75, 3.05) is 18.0 Å². The second kappa shape index (κ2) is 31.2. The molecule has 388 valence electrons. The molecule has 2 aliphatic rings. The molecular formula is C67H99N2O2+. The molecular weight excluding hydrogens is 865 g/mol. The Morgan fingerprint density at radius 2 is 0.972 bits per heavy atom. The molecule has 4 heteroatoms. The van der Waals surface area contributed by atoms with Crippen LogP contribution in [0.5, 0.6) is 0 Å².